The third-order valence-corrected chi connectivity index (χ3v) is 1.54. The number of unbranched alkanes of at least 4 members (excludes halogenated alkanes) is 1. The molecule has 0 saturated heterocycles. The zero-order valence-electron chi connectivity index (χ0n) is 7.58. The Hall–Kier alpha value is 1.58. The van der Waals surface area contributed by atoms with E-state index in [0.717, 1.165) is 0 Å². The van der Waals surface area contributed by atoms with E-state index in [4.69, 9.17) is 0 Å². The van der Waals surface area contributed by atoms with Gasteiger partial charge in [0, 0.05) is 0 Å². The van der Waals surface area contributed by atoms with E-state index in [9.17, 15) is 0 Å². The number of halogens is 2. The largest absolute Gasteiger partial charge is 0.0654 e. The van der Waals surface area contributed by atoms with Crippen LogP contribution in [0.1, 0.15) is 39.5 Å². The second kappa shape index (κ2) is 14.1. The van der Waals surface area contributed by atoms with E-state index in [1.165, 1.54) is 25.7 Å². The number of hydrogen-bond acceptors (Lipinski definition) is 0. The van der Waals surface area contributed by atoms with Crippen molar-refractivity contribution in [2.45, 2.75) is 39.5 Å². The van der Waals surface area contributed by atoms with Crippen molar-refractivity contribution < 1.29 is 13.2 Å². The minimum atomic E-state index is -0.250. The minimum Gasteiger partial charge on any atom is -0.0654 e. The van der Waals surface area contributed by atoms with Crippen molar-refractivity contribution in [1.29, 1.82) is 0 Å². The normalized spacial score (nSPS) is 11.0. The van der Waals surface area contributed by atoms with E-state index >= 15 is 0 Å². The SMILES string of the molecule is [Br][Zn][Br].[CH2]C(CC)CCCC. The molecule has 0 nitrogen and oxygen atoms in total. The maximum Gasteiger partial charge on any atom is -0.0417 e. The minimum absolute atomic E-state index is 0.250. The number of hydrogen-bond donors (Lipinski definition) is 0. The van der Waals surface area contributed by atoms with Crippen molar-refractivity contribution in [2.75, 3.05) is 0 Å². The van der Waals surface area contributed by atoms with Gasteiger partial charge in [-0.15, -0.1) is 0 Å². The van der Waals surface area contributed by atoms with Crippen LogP contribution in [0.15, 0.2) is 0 Å². The van der Waals surface area contributed by atoms with Crippen LogP contribution in [0.2, 0.25) is 0 Å². The molecule has 0 aromatic rings. The molecule has 3 heteroatoms. The molecule has 0 N–H and O–H groups in total. The van der Waals surface area contributed by atoms with Crippen LogP contribution in [0, 0.1) is 12.8 Å². The fourth-order valence-electron chi connectivity index (χ4n) is 0.697. The van der Waals surface area contributed by atoms with Crippen LogP contribution in [-0.4, -0.2) is 0 Å². The molecule has 0 heterocycles. The zero-order valence-corrected chi connectivity index (χ0v) is 13.7. The molecular weight excluding hydrogens is 321 g/mol. The van der Waals surface area contributed by atoms with Crippen LogP contribution in [0.25, 0.3) is 0 Å². The smallest absolute Gasteiger partial charge is 0.0417 e. The first-order valence-electron chi connectivity index (χ1n) is 4.17. The molecule has 0 amide bonds. The first-order chi connectivity index (χ1) is 5.22. The van der Waals surface area contributed by atoms with Gasteiger partial charge in [0.25, 0.3) is 0 Å². The first-order valence-corrected chi connectivity index (χ1v) is 18.1. The molecule has 1 unspecified atom stereocenters. The molecule has 0 spiro atoms. The molecule has 0 aliphatic carbocycles. The average molecular weight is 338 g/mol. The van der Waals surface area contributed by atoms with Gasteiger partial charge in [0.15, 0.2) is 0 Å². The van der Waals surface area contributed by atoms with Crippen molar-refractivity contribution in [3.63, 3.8) is 0 Å². The molecule has 0 aromatic heterocycles. The van der Waals surface area contributed by atoms with Gasteiger partial charge >= 0.3 is 40.5 Å². The van der Waals surface area contributed by atoms with Crippen molar-refractivity contribution in [1.82, 2.24) is 0 Å². The van der Waals surface area contributed by atoms with E-state index in [0.29, 0.717) is 5.92 Å². The summed E-state index contributed by atoms with van der Waals surface area (Å²) in [6.07, 6.45) is 5.21. The molecule has 11 heavy (non-hydrogen) atoms. The summed E-state index contributed by atoms with van der Waals surface area (Å²) in [5.74, 6) is 0.704. The van der Waals surface area contributed by atoms with Gasteiger partial charge in [-0.3, -0.25) is 0 Å². The Kier molecular flexibility index (Phi) is 19.4. The van der Waals surface area contributed by atoms with Gasteiger partial charge in [0.2, 0.25) is 0 Å². The molecule has 65 valence electrons. The van der Waals surface area contributed by atoms with E-state index in [-0.39, 0.29) is 13.2 Å². The summed E-state index contributed by atoms with van der Waals surface area (Å²) >= 11 is 6.25. The summed E-state index contributed by atoms with van der Waals surface area (Å²) in [4.78, 5) is 0. The topological polar surface area (TPSA) is 0 Å². The van der Waals surface area contributed by atoms with Gasteiger partial charge in [-0.1, -0.05) is 46.5 Å². The van der Waals surface area contributed by atoms with Crippen molar-refractivity contribution >= 4 is 27.2 Å². The Morgan fingerprint density at radius 3 is 2.09 bits per heavy atom. The van der Waals surface area contributed by atoms with Crippen molar-refractivity contribution in [3.05, 3.63) is 6.92 Å². The third kappa shape index (κ3) is 18.5. The summed E-state index contributed by atoms with van der Waals surface area (Å²) in [7, 11) is 0. The fourth-order valence-corrected chi connectivity index (χ4v) is 0.697. The first kappa shape index (κ1) is 15.1. The van der Waals surface area contributed by atoms with Gasteiger partial charge in [-0.05, 0) is 5.92 Å². The standard InChI is InChI=1S/C8H17.2BrH.Zn/c1-4-6-7-8(3)5-2;;;/h8H,3-7H2,1-2H3;2*1H;/q;;;+2/p-2. The Labute approximate surface area is 92.2 Å². The molecule has 0 aliphatic rings. The molecule has 0 fully saturated rings. The average Bonchev–Trinajstić information content (AvgIpc) is 2.02. The molecule has 0 aromatic carbocycles. The van der Waals surface area contributed by atoms with Crippen LogP contribution >= 0.6 is 27.2 Å². The summed E-state index contributed by atoms with van der Waals surface area (Å²) in [6.45, 7) is 8.42. The molecule has 1 radical (unpaired) electrons. The maximum atomic E-state index is 3.99. The second-order valence-electron chi connectivity index (χ2n) is 2.52. The Bertz CT molecular complexity index is 60.1. The van der Waals surface area contributed by atoms with E-state index < -0.39 is 0 Å². The number of rotatable bonds is 4. The van der Waals surface area contributed by atoms with Gasteiger partial charge < -0.3 is 0 Å². The van der Waals surface area contributed by atoms with Gasteiger partial charge in [0.1, 0.15) is 0 Å². The molecule has 0 bridgehead atoms. The van der Waals surface area contributed by atoms with E-state index in [1.807, 2.05) is 0 Å². The van der Waals surface area contributed by atoms with Crippen LogP contribution in [0.5, 0.6) is 0 Å². The Morgan fingerprint density at radius 2 is 1.82 bits per heavy atom. The maximum absolute atomic E-state index is 3.99. The molecule has 0 rings (SSSR count). The van der Waals surface area contributed by atoms with Crippen LogP contribution < -0.4 is 0 Å². The molecule has 1 atom stereocenters. The van der Waals surface area contributed by atoms with Crippen molar-refractivity contribution in [3.8, 4) is 0 Å². The third-order valence-electron chi connectivity index (χ3n) is 1.54. The predicted octanol–water partition coefficient (Wildman–Crippen LogP) is 4.73. The summed E-state index contributed by atoms with van der Waals surface area (Å²) in [5, 5.41) is 0. The monoisotopic (exact) mass is 335 g/mol. The Morgan fingerprint density at radius 1 is 1.36 bits per heavy atom. The van der Waals surface area contributed by atoms with Crippen LogP contribution in [0.3, 0.4) is 0 Å². The van der Waals surface area contributed by atoms with Crippen molar-refractivity contribution in [2.24, 2.45) is 5.92 Å². The van der Waals surface area contributed by atoms with Gasteiger partial charge in [-0.2, -0.15) is 0 Å². The zero-order chi connectivity index (χ0) is 9.11. The summed E-state index contributed by atoms with van der Waals surface area (Å²) in [6, 6.07) is 0. The quantitative estimate of drug-likeness (QED) is 0.650. The van der Waals surface area contributed by atoms with Crippen LogP contribution in [-0.2, 0) is 13.2 Å². The van der Waals surface area contributed by atoms with Gasteiger partial charge in [0.05, 0.1) is 0 Å². The summed E-state index contributed by atoms with van der Waals surface area (Å²) < 4.78 is 0. The Balaban J connectivity index is 0. The van der Waals surface area contributed by atoms with Crippen LogP contribution in [0.4, 0.5) is 0 Å². The molecule has 0 aliphatic heterocycles. The predicted molar refractivity (Wildman–Crippen MR) is 56.5 cm³/mol. The van der Waals surface area contributed by atoms with E-state index in [1.54, 1.807) is 0 Å². The molecule has 0 saturated carbocycles. The summed E-state index contributed by atoms with van der Waals surface area (Å²) in [5.41, 5.74) is 0. The van der Waals surface area contributed by atoms with E-state index in [2.05, 4.69) is 48.0 Å². The van der Waals surface area contributed by atoms with Gasteiger partial charge in [-0.25, -0.2) is 0 Å². The fraction of sp³-hybridized carbons (Fsp3) is 0.875. The molecular formula is C8H17Br2Zn. The second-order valence-corrected chi connectivity index (χ2v) is 16.6.